The van der Waals surface area contributed by atoms with Crippen LogP contribution in [-0.2, 0) is 21.2 Å². The number of nitrogens with zero attached hydrogens (tertiary/aromatic N) is 2. The summed E-state index contributed by atoms with van der Waals surface area (Å²) < 4.78 is 40.6. The van der Waals surface area contributed by atoms with Crippen molar-refractivity contribution in [3.8, 4) is 0 Å². The maximum absolute atomic E-state index is 13.0. The lowest BCUT2D eigenvalue weighted by Gasteiger charge is -2.03. The van der Waals surface area contributed by atoms with Gasteiger partial charge in [-0.2, -0.15) is 4.99 Å². The van der Waals surface area contributed by atoms with Gasteiger partial charge >= 0.3 is 0 Å². The molecule has 0 aliphatic carbocycles. The number of benzene rings is 2. The lowest BCUT2D eigenvalue weighted by molar-refractivity contribution is -0.118. The fourth-order valence-electron chi connectivity index (χ4n) is 2.91. The highest BCUT2D eigenvalue weighted by Crippen LogP contribution is 2.24. The Balaban J connectivity index is 1.73. The molecule has 0 saturated heterocycles. The highest BCUT2D eigenvalue weighted by molar-refractivity contribution is 7.98. The lowest BCUT2D eigenvalue weighted by Crippen LogP contribution is -2.16. The van der Waals surface area contributed by atoms with Crippen LogP contribution in [-0.4, -0.2) is 30.9 Å². The number of aromatic nitrogens is 1. The van der Waals surface area contributed by atoms with Crippen LogP contribution in [0.3, 0.4) is 0 Å². The molecule has 0 radical (unpaired) electrons. The van der Waals surface area contributed by atoms with Gasteiger partial charge in [0.05, 0.1) is 20.9 Å². The number of hydrogen-bond donors (Lipinski definition) is 0. The summed E-state index contributed by atoms with van der Waals surface area (Å²) in [5.74, 6) is -1.02. The number of amides is 1. The van der Waals surface area contributed by atoms with Crippen LogP contribution in [0.2, 0.25) is 0 Å². The summed E-state index contributed by atoms with van der Waals surface area (Å²) in [5, 5.41) is 0. The van der Waals surface area contributed by atoms with Gasteiger partial charge in [-0.25, -0.2) is 12.8 Å². The lowest BCUT2D eigenvalue weighted by atomic mass is 10.3. The van der Waals surface area contributed by atoms with Crippen LogP contribution in [0.1, 0.15) is 19.8 Å². The minimum Gasteiger partial charge on any atom is -0.317 e. The number of aryl methyl sites for hydroxylation is 1. The van der Waals surface area contributed by atoms with E-state index >= 15 is 0 Å². The number of carbonyl (C=O) groups is 1. The van der Waals surface area contributed by atoms with E-state index in [-0.39, 0.29) is 29.4 Å². The first-order valence-corrected chi connectivity index (χ1v) is 12.8. The minimum atomic E-state index is -3.55. The Morgan fingerprint density at radius 2 is 1.93 bits per heavy atom. The SMILES string of the molecule is CCn1c(=NC(=O)CCCS(=O)(=O)c2ccc(F)cc2)sc2cc(SC)ccc21. The summed E-state index contributed by atoms with van der Waals surface area (Å²) in [5.41, 5.74) is 1.03. The van der Waals surface area contributed by atoms with Crippen LogP contribution < -0.4 is 4.80 Å². The average Bonchev–Trinajstić information content (AvgIpc) is 3.03. The molecule has 0 atom stereocenters. The van der Waals surface area contributed by atoms with Crippen molar-refractivity contribution in [2.75, 3.05) is 12.0 Å². The van der Waals surface area contributed by atoms with E-state index in [0.717, 1.165) is 27.2 Å². The predicted molar refractivity (Wildman–Crippen MR) is 116 cm³/mol. The summed E-state index contributed by atoms with van der Waals surface area (Å²) in [6.45, 7) is 2.68. The van der Waals surface area contributed by atoms with Gasteiger partial charge in [-0.3, -0.25) is 4.79 Å². The number of carbonyl (C=O) groups excluding carboxylic acids is 1. The molecule has 0 unspecified atom stereocenters. The third kappa shape index (κ3) is 5.15. The standard InChI is InChI=1S/C20H21FN2O3S3/c1-3-23-17-11-8-15(27-2)13-18(17)28-20(23)22-19(24)5-4-12-29(25,26)16-9-6-14(21)7-10-16/h6-11,13H,3-5,12H2,1-2H3. The molecule has 3 rings (SSSR count). The molecule has 1 heterocycles. The molecular formula is C20H21FN2O3S3. The van der Waals surface area contributed by atoms with E-state index in [4.69, 9.17) is 0 Å². The predicted octanol–water partition coefficient (Wildman–Crippen LogP) is 4.27. The molecule has 0 N–H and O–H groups in total. The van der Waals surface area contributed by atoms with E-state index in [9.17, 15) is 17.6 Å². The molecule has 0 bridgehead atoms. The second kappa shape index (κ2) is 9.23. The number of fused-ring (bicyclic) bond motifs is 1. The number of sulfone groups is 1. The molecule has 0 spiro atoms. The van der Waals surface area contributed by atoms with Crippen LogP contribution >= 0.6 is 23.1 Å². The molecule has 0 saturated carbocycles. The average molecular weight is 453 g/mol. The minimum absolute atomic E-state index is 0.0362. The van der Waals surface area contributed by atoms with E-state index in [1.165, 1.54) is 23.5 Å². The zero-order valence-corrected chi connectivity index (χ0v) is 18.5. The number of halogens is 1. The molecule has 0 aliphatic rings. The fourth-order valence-corrected chi connectivity index (χ4v) is 5.88. The third-order valence-corrected chi connectivity index (χ3v) is 7.99. The smallest absolute Gasteiger partial charge is 0.248 e. The molecule has 0 aliphatic heterocycles. The van der Waals surface area contributed by atoms with Gasteiger partial charge < -0.3 is 4.57 Å². The van der Waals surface area contributed by atoms with Gasteiger partial charge in [0.2, 0.25) is 5.91 Å². The molecule has 2 aromatic carbocycles. The largest absolute Gasteiger partial charge is 0.317 e. The Bertz CT molecular complexity index is 1200. The number of rotatable bonds is 7. The van der Waals surface area contributed by atoms with Gasteiger partial charge in [0, 0.05) is 17.9 Å². The van der Waals surface area contributed by atoms with Crippen molar-refractivity contribution < 1.29 is 17.6 Å². The monoisotopic (exact) mass is 452 g/mol. The van der Waals surface area contributed by atoms with Crippen molar-refractivity contribution >= 4 is 49.1 Å². The zero-order valence-electron chi connectivity index (χ0n) is 16.1. The first kappa shape index (κ1) is 21.7. The number of hydrogen-bond acceptors (Lipinski definition) is 5. The van der Waals surface area contributed by atoms with Crippen molar-refractivity contribution in [3.05, 3.63) is 53.1 Å². The van der Waals surface area contributed by atoms with Crippen LogP contribution in [0.4, 0.5) is 4.39 Å². The molecule has 154 valence electrons. The van der Waals surface area contributed by atoms with Gasteiger partial charge in [-0.1, -0.05) is 11.3 Å². The maximum Gasteiger partial charge on any atom is 0.248 e. The summed E-state index contributed by atoms with van der Waals surface area (Å²) in [6.07, 6.45) is 2.21. The molecular weight excluding hydrogens is 431 g/mol. The van der Waals surface area contributed by atoms with Gasteiger partial charge in [0.1, 0.15) is 5.82 Å². The normalized spacial score (nSPS) is 12.6. The summed E-state index contributed by atoms with van der Waals surface area (Å²) in [7, 11) is -3.55. The molecule has 0 fully saturated rings. The Hall–Kier alpha value is -1.97. The van der Waals surface area contributed by atoms with Crippen LogP contribution in [0.15, 0.2) is 57.2 Å². The van der Waals surface area contributed by atoms with Crippen molar-refractivity contribution in [1.29, 1.82) is 0 Å². The Labute approximate surface area is 177 Å². The second-order valence-electron chi connectivity index (χ2n) is 6.34. The van der Waals surface area contributed by atoms with Crippen molar-refractivity contribution in [2.24, 2.45) is 4.99 Å². The van der Waals surface area contributed by atoms with Crippen LogP contribution in [0.5, 0.6) is 0 Å². The Morgan fingerprint density at radius 1 is 1.21 bits per heavy atom. The van der Waals surface area contributed by atoms with E-state index in [1.807, 2.05) is 29.9 Å². The van der Waals surface area contributed by atoms with Gasteiger partial charge in [-0.15, -0.1) is 11.8 Å². The van der Waals surface area contributed by atoms with Crippen molar-refractivity contribution in [2.45, 2.75) is 36.1 Å². The summed E-state index contributed by atoms with van der Waals surface area (Å²) in [4.78, 5) is 18.4. The highest BCUT2D eigenvalue weighted by Gasteiger charge is 2.15. The van der Waals surface area contributed by atoms with Crippen molar-refractivity contribution in [3.63, 3.8) is 0 Å². The van der Waals surface area contributed by atoms with Crippen LogP contribution in [0, 0.1) is 5.82 Å². The molecule has 1 amide bonds. The summed E-state index contributed by atoms with van der Waals surface area (Å²) in [6, 6.07) is 10.8. The zero-order chi connectivity index (χ0) is 21.0. The topological polar surface area (TPSA) is 68.5 Å². The van der Waals surface area contributed by atoms with Crippen LogP contribution in [0.25, 0.3) is 10.2 Å². The number of thiazole rings is 1. The van der Waals surface area contributed by atoms with Gasteiger partial charge in [0.25, 0.3) is 0 Å². The van der Waals surface area contributed by atoms with E-state index < -0.39 is 15.7 Å². The van der Waals surface area contributed by atoms with E-state index in [0.29, 0.717) is 11.3 Å². The molecule has 9 heteroatoms. The van der Waals surface area contributed by atoms with Gasteiger partial charge in [-0.05, 0) is 62.1 Å². The molecule has 1 aromatic heterocycles. The molecule has 5 nitrogen and oxygen atoms in total. The van der Waals surface area contributed by atoms with Gasteiger partial charge in [0.15, 0.2) is 14.6 Å². The quantitative estimate of drug-likeness (QED) is 0.397. The Morgan fingerprint density at radius 3 is 2.59 bits per heavy atom. The highest BCUT2D eigenvalue weighted by atomic mass is 32.2. The van der Waals surface area contributed by atoms with E-state index in [2.05, 4.69) is 11.1 Å². The van der Waals surface area contributed by atoms with Crippen molar-refractivity contribution in [1.82, 2.24) is 4.57 Å². The first-order valence-electron chi connectivity index (χ1n) is 9.07. The molecule has 3 aromatic rings. The Kier molecular flexibility index (Phi) is 6.92. The molecule has 29 heavy (non-hydrogen) atoms. The van der Waals surface area contributed by atoms with E-state index in [1.54, 1.807) is 11.8 Å². The fraction of sp³-hybridized carbons (Fsp3) is 0.300. The first-order chi connectivity index (χ1) is 13.8. The summed E-state index contributed by atoms with van der Waals surface area (Å²) >= 11 is 3.11. The third-order valence-electron chi connectivity index (χ3n) is 4.40. The maximum atomic E-state index is 13.0. The second-order valence-corrected chi connectivity index (χ2v) is 10.3. The number of thioether (sulfide) groups is 1.